The summed E-state index contributed by atoms with van der Waals surface area (Å²) in [5, 5.41) is 5.10. The highest BCUT2D eigenvalue weighted by Crippen LogP contribution is 2.26. The first kappa shape index (κ1) is 17.1. The van der Waals surface area contributed by atoms with Gasteiger partial charge >= 0.3 is 0 Å². The summed E-state index contributed by atoms with van der Waals surface area (Å²) in [7, 11) is -3.62. The van der Waals surface area contributed by atoms with Crippen molar-refractivity contribution in [2.24, 2.45) is 0 Å². The minimum Gasteiger partial charge on any atom is -0.253 e. The van der Waals surface area contributed by atoms with Gasteiger partial charge in [-0.05, 0) is 32.8 Å². The zero-order chi connectivity index (χ0) is 16.3. The molecule has 0 amide bonds. The van der Waals surface area contributed by atoms with Gasteiger partial charge in [0.2, 0.25) is 0 Å². The van der Waals surface area contributed by atoms with Gasteiger partial charge in [0.05, 0.1) is 17.9 Å². The zero-order valence-corrected chi connectivity index (χ0v) is 15.0. The van der Waals surface area contributed by atoms with Crippen molar-refractivity contribution in [3.8, 4) is 0 Å². The summed E-state index contributed by atoms with van der Waals surface area (Å²) >= 11 is 1.54. The number of nitrogens with zero attached hydrogens (tertiary/aromatic N) is 3. The second-order valence-electron chi connectivity index (χ2n) is 5.17. The molecule has 22 heavy (non-hydrogen) atoms. The number of rotatable bonds is 7. The van der Waals surface area contributed by atoms with Crippen LogP contribution in [0.2, 0.25) is 0 Å². The number of hydrogen-bond acceptors (Lipinski definition) is 5. The molecule has 1 N–H and O–H groups in total. The Kier molecular flexibility index (Phi) is 5.36. The van der Waals surface area contributed by atoms with E-state index in [1.807, 2.05) is 27.7 Å². The van der Waals surface area contributed by atoms with Crippen molar-refractivity contribution >= 4 is 21.4 Å². The molecule has 0 saturated carbocycles. The predicted octanol–water partition coefficient (Wildman–Crippen LogP) is 2.80. The van der Waals surface area contributed by atoms with Gasteiger partial charge in [-0.1, -0.05) is 13.8 Å². The monoisotopic (exact) mass is 342 g/mol. The van der Waals surface area contributed by atoms with Crippen LogP contribution in [0.5, 0.6) is 0 Å². The fourth-order valence-corrected chi connectivity index (χ4v) is 4.69. The van der Waals surface area contributed by atoms with Crippen LogP contribution >= 0.6 is 11.3 Å². The topological polar surface area (TPSA) is 76.9 Å². The third kappa shape index (κ3) is 3.56. The molecule has 0 radical (unpaired) electrons. The van der Waals surface area contributed by atoms with Crippen molar-refractivity contribution in [3.05, 3.63) is 27.8 Å². The Balaban J connectivity index is 2.27. The molecule has 0 spiro atoms. The van der Waals surface area contributed by atoms with Gasteiger partial charge in [0, 0.05) is 11.4 Å². The van der Waals surface area contributed by atoms with E-state index in [2.05, 4.69) is 14.8 Å². The second-order valence-corrected chi connectivity index (χ2v) is 8.06. The third-order valence-corrected chi connectivity index (χ3v) is 6.12. The summed E-state index contributed by atoms with van der Waals surface area (Å²) in [6.45, 7) is 8.44. The fraction of sp³-hybridized carbons (Fsp3) is 0.571. The maximum Gasteiger partial charge on any atom is 0.258 e. The maximum atomic E-state index is 12.6. The lowest BCUT2D eigenvalue weighted by atomic mass is 10.2. The molecule has 0 aliphatic rings. The van der Waals surface area contributed by atoms with Gasteiger partial charge in [0.25, 0.3) is 10.0 Å². The standard InChI is InChI=1S/C14H22N4O2S2/c1-5-9-18-13(7-8-15-18)22(19,20)17-12(6-2)14-16-10(3)11(4)21-14/h7-8,12,17H,5-6,9H2,1-4H3. The molecular formula is C14H22N4O2S2. The minimum atomic E-state index is -3.62. The maximum absolute atomic E-state index is 12.6. The van der Waals surface area contributed by atoms with Gasteiger partial charge < -0.3 is 0 Å². The van der Waals surface area contributed by atoms with Gasteiger partial charge in [0.1, 0.15) is 5.01 Å². The fourth-order valence-electron chi connectivity index (χ4n) is 2.13. The molecule has 6 nitrogen and oxygen atoms in total. The van der Waals surface area contributed by atoms with Crippen LogP contribution in [0, 0.1) is 13.8 Å². The molecule has 1 unspecified atom stereocenters. The number of sulfonamides is 1. The highest BCUT2D eigenvalue weighted by atomic mass is 32.2. The van der Waals surface area contributed by atoms with E-state index in [0.717, 1.165) is 22.0 Å². The lowest BCUT2D eigenvalue weighted by Gasteiger charge is -2.15. The summed E-state index contributed by atoms with van der Waals surface area (Å²) in [5.74, 6) is 0. The van der Waals surface area contributed by atoms with Gasteiger partial charge in [-0.15, -0.1) is 11.3 Å². The predicted molar refractivity (Wildman–Crippen MR) is 87.5 cm³/mol. The van der Waals surface area contributed by atoms with E-state index in [-0.39, 0.29) is 11.1 Å². The van der Waals surface area contributed by atoms with Crippen LogP contribution in [0.1, 0.15) is 48.3 Å². The van der Waals surface area contributed by atoms with Gasteiger partial charge in [-0.3, -0.25) is 4.68 Å². The van der Waals surface area contributed by atoms with Crippen molar-refractivity contribution in [2.45, 2.75) is 58.1 Å². The SMILES string of the molecule is CCCn1nccc1S(=O)(=O)NC(CC)c1nc(C)c(C)s1. The summed E-state index contributed by atoms with van der Waals surface area (Å²) in [6, 6.07) is 1.22. The van der Waals surface area contributed by atoms with E-state index >= 15 is 0 Å². The smallest absolute Gasteiger partial charge is 0.253 e. The lowest BCUT2D eigenvalue weighted by molar-refractivity contribution is 0.510. The molecule has 0 aliphatic carbocycles. The van der Waals surface area contributed by atoms with Crippen LogP contribution in [0.25, 0.3) is 0 Å². The highest BCUT2D eigenvalue weighted by Gasteiger charge is 2.25. The summed E-state index contributed by atoms with van der Waals surface area (Å²) in [5.41, 5.74) is 0.952. The molecule has 2 heterocycles. The highest BCUT2D eigenvalue weighted by molar-refractivity contribution is 7.89. The summed E-state index contributed by atoms with van der Waals surface area (Å²) in [4.78, 5) is 5.59. The van der Waals surface area contributed by atoms with E-state index < -0.39 is 10.0 Å². The van der Waals surface area contributed by atoms with Crippen molar-refractivity contribution < 1.29 is 8.42 Å². The molecule has 8 heteroatoms. The normalized spacial score (nSPS) is 13.5. The number of aryl methyl sites for hydroxylation is 3. The second kappa shape index (κ2) is 6.89. The molecule has 0 bridgehead atoms. The van der Waals surface area contributed by atoms with E-state index in [0.29, 0.717) is 13.0 Å². The molecule has 2 rings (SSSR count). The Hall–Kier alpha value is -1.25. The molecule has 0 aliphatic heterocycles. The zero-order valence-electron chi connectivity index (χ0n) is 13.3. The average Bonchev–Trinajstić information content (AvgIpc) is 3.05. The molecule has 2 aromatic heterocycles. The quantitative estimate of drug-likeness (QED) is 0.839. The molecular weight excluding hydrogens is 320 g/mol. The van der Waals surface area contributed by atoms with Crippen LogP contribution in [0.15, 0.2) is 17.3 Å². The van der Waals surface area contributed by atoms with Gasteiger partial charge in [-0.25, -0.2) is 13.4 Å². The van der Waals surface area contributed by atoms with E-state index in [1.54, 1.807) is 0 Å². The number of aromatic nitrogens is 3. The number of thiazole rings is 1. The van der Waals surface area contributed by atoms with E-state index in [9.17, 15) is 8.42 Å². The van der Waals surface area contributed by atoms with Crippen molar-refractivity contribution in [2.75, 3.05) is 0 Å². The van der Waals surface area contributed by atoms with Crippen LogP contribution < -0.4 is 4.72 Å². The van der Waals surface area contributed by atoms with Crippen molar-refractivity contribution in [1.29, 1.82) is 0 Å². The Morgan fingerprint density at radius 2 is 2.09 bits per heavy atom. The van der Waals surface area contributed by atoms with Crippen molar-refractivity contribution in [3.63, 3.8) is 0 Å². The molecule has 2 aromatic rings. The Labute approximate surface area is 135 Å². The molecule has 1 atom stereocenters. The van der Waals surface area contributed by atoms with Gasteiger partial charge in [-0.2, -0.15) is 9.82 Å². The van der Waals surface area contributed by atoms with E-state index in [1.165, 1.54) is 28.3 Å². The molecule has 0 aromatic carbocycles. The molecule has 0 saturated heterocycles. The number of nitrogens with one attached hydrogen (secondary N) is 1. The average molecular weight is 342 g/mol. The summed E-state index contributed by atoms with van der Waals surface area (Å²) < 4.78 is 29.5. The number of hydrogen-bond donors (Lipinski definition) is 1. The van der Waals surface area contributed by atoms with Crippen LogP contribution in [-0.2, 0) is 16.6 Å². The lowest BCUT2D eigenvalue weighted by Crippen LogP contribution is -2.30. The Morgan fingerprint density at radius 1 is 1.36 bits per heavy atom. The first-order valence-corrected chi connectivity index (χ1v) is 9.67. The molecule has 0 fully saturated rings. The largest absolute Gasteiger partial charge is 0.258 e. The van der Waals surface area contributed by atoms with Crippen LogP contribution in [0.3, 0.4) is 0 Å². The first-order chi connectivity index (χ1) is 10.4. The molecule has 122 valence electrons. The van der Waals surface area contributed by atoms with Gasteiger partial charge in [0.15, 0.2) is 5.03 Å². The van der Waals surface area contributed by atoms with Crippen molar-refractivity contribution in [1.82, 2.24) is 19.5 Å². The Bertz CT molecular complexity index is 714. The third-order valence-electron chi connectivity index (χ3n) is 3.44. The van der Waals surface area contributed by atoms with Crippen LogP contribution in [0.4, 0.5) is 0 Å². The van der Waals surface area contributed by atoms with Crippen LogP contribution in [-0.4, -0.2) is 23.2 Å². The summed E-state index contributed by atoms with van der Waals surface area (Å²) in [6.07, 6.45) is 2.99. The first-order valence-electron chi connectivity index (χ1n) is 7.37. The Morgan fingerprint density at radius 3 is 2.64 bits per heavy atom. The van der Waals surface area contributed by atoms with E-state index in [4.69, 9.17) is 0 Å². The minimum absolute atomic E-state index is 0.206.